The van der Waals surface area contributed by atoms with Crippen LogP contribution in [-0.4, -0.2) is 17.1 Å². The van der Waals surface area contributed by atoms with Gasteiger partial charge < -0.3 is 10.8 Å². The van der Waals surface area contributed by atoms with E-state index in [-0.39, 0.29) is 18.4 Å². The Morgan fingerprint density at radius 1 is 1.40 bits per heavy atom. The number of hydrogen-bond donors (Lipinski definition) is 2. The van der Waals surface area contributed by atoms with E-state index < -0.39 is 5.97 Å². The number of hydrogen-bond acceptors (Lipinski definition) is 2. The standard InChI is InChI=1S/C12H17NO2/c1-2-11(13)10(8-12(14)15)9-6-4-3-5-7-9/h3-7,10-11H,2,8,13H2,1H3,(H,14,15). The summed E-state index contributed by atoms with van der Waals surface area (Å²) in [5.74, 6) is -0.888. The molecule has 3 N–H and O–H groups in total. The molecule has 0 spiro atoms. The van der Waals surface area contributed by atoms with Gasteiger partial charge in [-0.25, -0.2) is 0 Å². The van der Waals surface area contributed by atoms with Crippen molar-refractivity contribution in [2.24, 2.45) is 5.73 Å². The zero-order valence-corrected chi connectivity index (χ0v) is 8.89. The fraction of sp³-hybridized carbons (Fsp3) is 0.417. The molecular weight excluding hydrogens is 190 g/mol. The molecule has 0 aliphatic carbocycles. The molecule has 0 aromatic heterocycles. The third-order valence-electron chi connectivity index (χ3n) is 2.61. The number of nitrogens with two attached hydrogens (primary N) is 1. The second-order valence-electron chi connectivity index (χ2n) is 3.69. The summed E-state index contributed by atoms with van der Waals surface area (Å²) < 4.78 is 0. The van der Waals surface area contributed by atoms with E-state index in [0.29, 0.717) is 0 Å². The zero-order valence-electron chi connectivity index (χ0n) is 8.89. The average Bonchev–Trinajstić information content (AvgIpc) is 2.26. The van der Waals surface area contributed by atoms with Gasteiger partial charge in [-0.2, -0.15) is 0 Å². The monoisotopic (exact) mass is 207 g/mol. The maximum absolute atomic E-state index is 10.7. The highest BCUT2D eigenvalue weighted by Gasteiger charge is 2.21. The number of benzene rings is 1. The predicted molar refractivity (Wildman–Crippen MR) is 59.7 cm³/mol. The largest absolute Gasteiger partial charge is 0.481 e. The van der Waals surface area contributed by atoms with Crippen molar-refractivity contribution in [1.29, 1.82) is 0 Å². The Bertz CT molecular complexity index is 311. The summed E-state index contributed by atoms with van der Waals surface area (Å²) in [6, 6.07) is 9.51. The van der Waals surface area contributed by atoms with Crippen molar-refractivity contribution in [3.63, 3.8) is 0 Å². The van der Waals surface area contributed by atoms with Crippen LogP contribution in [-0.2, 0) is 4.79 Å². The van der Waals surface area contributed by atoms with E-state index in [2.05, 4.69) is 0 Å². The molecule has 82 valence electrons. The molecule has 0 heterocycles. The van der Waals surface area contributed by atoms with Crippen molar-refractivity contribution in [1.82, 2.24) is 0 Å². The van der Waals surface area contributed by atoms with E-state index in [0.717, 1.165) is 12.0 Å². The van der Waals surface area contributed by atoms with Crippen molar-refractivity contribution in [3.8, 4) is 0 Å². The first-order valence-corrected chi connectivity index (χ1v) is 5.17. The van der Waals surface area contributed by atoms with Crippen LogP contribution >= 0.6 is 0 Å². The summed E-state index contributed by atoms with van der Waals surface area (Å²) in [4.78, 5) is 10.7. The van der Waals surface area contributed by atoms with Crippen LogP contribution in [0.3, 0.4) is 0 Å². The van der Waals surface area contributed by atoms with Crippen LogP contribution in [0.4, 0.5) is 0 Å². The topological polar surface area (TPSA) is 63.3 Å². The van der Waals surface area contributed by atoms with Gasteiger partial charge in [0.2, 0.25) is 0 Å². The smallest absolute Gasteiger partial charge is 0.304 e. The summed E-state index contributed by atoms with van der Waals surface area (Å²) in [5.41, 5.74) is 6.94. The lowest BCUT2D eigenvalue weighted by atomic mass is 9.88. The van der Waals surface area contributed by atoms with Gasteiger partial charge in [0, 0.05) is 12.0 Å². The van der Waals surface area contributed by atoms with Gasteiger partial charge in [0.15, 0.2) is 0 Å². The van der Waals surface area contributed by atoms with E-state index in [1.54, 1.807) is 0 Å². The quantitative estimate of drug-likeness (QED) is 0.776. The van der Waals surface area contributed by atoms with Gasteiger partial charge in [-0.3, -0.25) is 4.79 Å². The first-order valence-electron chi connectivity index (χ1n) is 5.17. The first-order chi connectivity index (χ1) is 7.15. The molecule has 0 aliphatic heterocycles. The van der Waals surface area contributed by atoms with Crippen LogP contribution in [0.5, 0.6) is 0 Å². The molecule has 3 nitrogen and oxygen atoms in total. The second-order valence-corrected chi connectivity index (χ2v) is 3.69. The minimum Gasteiger partial charge on any atom is -0.481 e. The zero-order chi connectivity index (χ0) is 11.3. The Labute approximate surface area is 89.9 Å². The number of carboxylic acids is 1. The second kappa shape index (κ2) is 5.51. The Hall–Kier alpha value is -1.35. The number of aliphatic carboxylic acids is 1. The molecule has 1 aromatic rings. The van der Waals surface area contributed by atoms with Crippen molar-refractivity contribution in [2.75, 3.05) is 0 Å². The molecule has 0 aliphatic rings. The summed E-state index contributed by atoms with van der Waals surface area (Å²) in [6.07, 6.45) is 0.881. The molecule has 1 rings (SSSR count). The third-order valence-corrected chi connectivity index (χ3v) is 2.61. The third kappa shape index (κ3) is 3.36. The lowest BCUT2D eigenvalue weighted by Gasteiger charge is -2.21. The van der Waals surface area contributed by atoms with Crippen LogP contribution in [0.15, 0.2) is 30.3 Å². The summed E-state index contributed by atoms with van der Waals surface area (Å²) in [7, 11) is 0. The highest BCUT2D eigenvalue weighted by Crippen LogP contribution is 2.23. The molecule has 0 saturated heterocycles. The fourth-order valence-corrected chi connectivity index (χ4v) is 1.69. The number of carbonyl (C=O) groups is 1. The molecule has 2 atom stereocenters. The fourth-order valence-electron chi connectivity index (χ4n) is 1.69. The van der Waals surface area contributed by atoms with Crippen molar-refractivity contribution in [2.45, 2.75) is 31.7 Å². The van der Waals surface area contributed by atoms with Crippen LogP contribution in [0.25, 0.3) is 0 Å². The molecule has 0 saturated carbocycles. The van der Waals surface area contributed by atoms with Gasteiger partial charge in [-0.05, 0) is 12.0 Å². The van der Waals surface area contributed by atoms with Gasteiger partial charge >= 0.3 is 5.97 Å². The average molecular weight is 207 g/mol. The van der Waals surface area contributed by atoms with Crippen molar-refractivity contribution >= 4 is 5.97 Å². The first kappa shape index (κ1) is 11.7. The van der Waals surface area contributed by atoms with Gasteiger partial charge in [-0.15, -0.1) is 0 Å². The Morgan fingerprint density at radius 2 is 2.00 bits per heavy atom. The van der Waals surface area contributed by atoms with Gasteiger partial charge in [0.25, 0.3) is 0 Å². The predicted octanol–water partition coefficient (Wildman–Crippen LogP) is 1.98. The highest BCUT2D eigenvalue weighted by molar-refractivity contribution is 5.68. The SMILES string of the molecule is CCC(N)C(CC(=O)O)c1ccccc1. The lowest BCUT2D eigenvalue weighted by molar-refractivity contribution is -0.137. The Balaban J connectivity index is 2.86. The van der Waals surface area contributed by atoms with Gasteiger partial charge in [-0.1, -0.05) is 37.3 Å². The number of carboxylic acid groups (broad SMARTS) is 1. The van der Waals surface area contributed by atoms with E-state index in [9.17, 15) is 4.79 Å². The van der Waals surface area contributed by atoms with Crippen molar-refractivity contribution in [3.05, 3.63) is 35.9 Å². The molecule has 2 unspecified atom stereocenters. The molecule has 0 amide bonds. The van der Waals surface area contributed by atoms with E-state index in [1.165, 1.54) is 0 Å². The molecule has 0 radical (unpaired) electrons. The molecule has 0 fully saturated rings. The van der Waals surface area contributed by atoms with E-state index in [1.807, 2.05) is 37.3 Å². The van der Waals surface area contributed by atoms with E-state index >= 15 is 0 Å². The summed E-state index contributed by atoms with van der Waals surface area (Å²) in [6.45, 7) is 1.97. The van der Waals surface area contributed by atoms with Crippen LogP contribution in [0.1, 0.15) is 31.2 Å². The molecular formula is C12H17NO2. The maximum Gasteiger partial charge on any atom is 0.304 e. The van der Waals surface area contributed by atoms with E-state index in [4.69, 9.17) is 10.8 Å². The normalized spacial score (nSPS) is 14.5. The highest BCUT2D eigenvalue weighted by atomic mass is 16.4. The van der Waals surface area contributed by atoms with Crippen LogP contribution in [0.2, 0.25) is 0 Å². The molecule has 0 bridgehead atoms. The lowest BCUT2D eigenvalue weighted by Crippen LogP contribution is -2.29. The van der Waals surface area contributed by atoms with Gasteiger partial charge in [0.1, 0.15) is 0 Å². The maximum atomic E-state index is 10.7. The van der Waals surface area contributed by atoms with Gasteiger partial charge in [0.05, 0.1) is 6.42 Å². The molecule has 15 heavy (non-hydrogen) atoms. The van der Waals surface area contributed by atoms with Crippen LogP contribution in [0, 0.1) is 0 Å². The molecule has 3 heteroatoms. The number of rotatable bonds is 5. The van der Waals surface area contributed by atoms with Crippen molar-refractivity contribution < 1.29 is 9.90 Å². The Kier molecular flexibility index (Phi) is 4.31. The minimum atomic E-state index is -0.798. The Morgan fingerprint density at radius 3 is 2.47 bits per heavy atom. The summed E-state index contributed by atoms with van der Waals surface area (Å²) >= 11 is 0. The summed E-state index contributed by atoms with van der Waals surface area (Å²) in [5, 5.41) is 8.83. The molecule has 1 aromatic carbocycles. The minimum absolute atomic E-state index is 0.0892. The van der Waals surface area contributed by atoms with Crippen LogP contribution < -0.4 is 5.73 Å².